The van der Waals surface area contributed by atoms with E-state index in [1.165, 1.54) is 0 Å². The molecule has 74 valence electrons. The van der Waals surface area contributed by atoms with Gasteiger partial charge in [0.15, 0.2) is 0 Å². The van der Waals surface area contributed by atoms with Gasteiger partial charge in [-0.2, -0.15) is 0 Å². The van der Waals surface area contributed by atoms with E-state index in [1.54, 1.807) is 0 Å². The number of halogens is 1. The summed E-state index contributed by atoms with van der Waals surface area (Å²) in [4.78, 5) is 9.62. The molecule has 13 heavy (non-hydrogen) atoms. The van der Waals surface area contributed by atoms with Gasteiger partial charge in [-0.25, -0.2) is 0 Å². The van der Waals surface area contributed by atoms with Crippen molar-refractivity contribution in [3.05, 3.63) is 20.7 Å². The number of hydrogen-bond donors (Lipinski definition) is 1. The molecule has 0 saturated heterocycles. The first kappa shape index (κ1) is 10.5. The van der Waals surface area contributed by atoms with Gasteiger partial charge in [0.05, 0.1) is 0 Å². The van der Waals surface area contributed by atoms with Crippen molar-refractivity contribution in [1.29, 1.82) is 0 Å². The fourth-order valence-electron chi connectivity index (χ4n) is 1.49. The number of rotatable bonds is 3. The molecule has 0 bridgehead atoms. The predicted molar refractivity (Wildman–Crippen MR) is 49.2 cm³/mol. The van der Waals surface area contributed by atoms with Crippen LogP contribution in [0.4, 0.5) is 0 Å². The van der Waals surface area contributed by atoms with Crippen molar-refractivity contribution >= 4 is 11.6 Å². The molecule has 4 nitrogen and oxygen atoms in total. The lowest BCUT2D eigenvalue weighted by atomic mass is 9.95. The summed E-state index contributed by atoms with van der Waals surface area (Å²) < 4.78 is 0. The number of aliphatic hydroxyl groups excluding tert-OH is 1. The van der Waals surface area contributed by atoms with Gasteiger partial charge in [0, 0.05) is 9.96 Å². The van der Waals surface area contributed by atoms with Gasteiger partial charge in [0.25, 0.3) is 0 Å². The molecule has 0 radical (unpaired) electrons. The highest BCUT2D eigenvalue weighted by Gasteiger charge is 2.22. The SMILES string of the molecule is O=[N+]([O-])C[C@@H](O)C1=C(Cl)CCCC1. The molecule has 0 heterocycles. The molecule has 5 heteroatoms. The second kappa shape index (κ2) is 4.58. The summed E-state index contributed by atoms with van der Waals surface area (Å²) in [7, 11) is 0. The van der Waals surface area contributed by atoms with Crippen LogP contribution in [-0.2, 0) is 0 Å². The van der Waals surface area contributed by atoms with E-state index in [9.17, 15) is 15.2 Å². The average molecular weight is 206 g/mol. The van der Waals surface area contributed by atoms with Crippen LogP contribution in [0, 0.1) is 10.1 Å². The van der Waals surface area contributed by atoms with Gasteiger partial charge in [0.1, 0.15) is 6.10 Å². The lowest BCUT2D eigenvalue weighted by Gasteiger charge is -2.18. The van der Waals surface area contributed by atoms with E-state index in [0.717, 1.165) is 19.3 Å². The second-order valence-corrected chi connectivity index (χ2v) is 3.62. The molecule has 1 aliphatic rings. The Morgan fingerprint density at radius 3 is 2.69 bits per heavy atom. The van der Waals surface area contributed by atoms with Crippen LogP contribution in [-0.4, -0.2) is 22.7 Å². The van der Waals surface area contributed by atoms with Gasteiger partial charge < -0.3 is 5.11 Å². The van der Waals surface area contributed by atoms with Crippen LogP contribution in [0.2, 0.25) is 0 Å². The van der Waals surface area contributed by atoms with E-state index in [4.69, 9.17) is 11.6 Å². The van der Waals surface area contributed by atoms with Crippen molar-refractivity contribution in [3.63, 3.8) is 0 Å². The highest BCUT2D eigenvalue weighted by molar-refractivity contribution is 6.30. The largest absolute Gasteiger partial charge is 0.382 e. The minimum absolute atomic E-state index is 0.439. The normalized spacial score (nSPS) is 20.2. The topological polar surface area (TPSA) is 63.4 Å². The fourth-order valence-corrected chi connectivity index (χ4v) is 1.84. The molecule has 1 aliphatic carbocycles. The van der Waals surface area contributed by atoms with E-state index >= 15 is 0 Å². The number of hydrogen-bond acceptors (Lipinski definition) is 3. The van der Waals surface area contributed by atoms with Crippen LogP contribution in [0.1, 0.15) is 25.7 Å². The van der Waals surface area contributed by atoms with E-state index in [2.05, 4.69) is 0 Å². The van der Waals surface area contributed by atoms with Crippen molar-refractivity contribution in [3.8, 4) is 0 Å². The Kier molecular flexibility index (Phi) is 3.69. The Labute approximate surface area is 81.3 Å². The Bertz CT molecular complexity index is 240. The highest BCUT2D eigenvalue weighted by Crippen LogP contribution is 2.29. The van der Waals surface area contributed by atoms with Crippen molar-refractivity contribution in [2.45, 2.75) is 31.8 Å². The van der Waals surface area contributed by atoms with Gasteiger partial charge in [-0.3, -0.25) is 10.1 Å². The number of aliphatic hydroxyl groups is 1. The van der Waals surface area contributed by atoms with Gasteiger partial charge in [0.2, 0.25) is 6.54 Å². The van der Waals surface area contributed by atoms with Crippen LogP contribution < -0.4 is 0 Å². The maximum absolute atomic E-state index is 10.1. The third kappa shape index (κ3) is 2.97. The standard InChI is InChI=1S/C8H12ClNO3/c9-7-4-2-1-3-6(7)8(11)5-10(12)13/h8,11H,1-5H2/t8-/m1/s1. The summed E-state index contributed by atoms with van der Waals surface area (Å²) in [6, 6.07) is 0. The zero-order valence-electron chi connectivity index (χ0n) is 7.20. The third-order valence-corrected chi connectivity index (χ3v) is 2.60. The Balaban J connectivity index is 2.63. The molecule has 0 aliphatic heterocycles. The molecule has 0 aromatic carbocycles. The van der Waals surface area contributed by atoms with Crippen LogP contribution in [0.3, 0.4) is 0 Å². The molecule has 1 N–H and O–H groups in total. The molecule has 0 amide bonds. The maximum atomic E-state index is 10.1. The van der Waals surface area contributed by atoms with Gasteiger partial charge >= 0.3 is 0 Å². The number of allylic oxidation sites excluding steroid dienone is 1. The first-order chi connectivity index (χ1) is 6.11. The minimum atomic E-state index is -0.997. The Morgan fingerprint density at radius 1 is 1.54 bits per heavy atom. The number of nitro groups is 1. The van der Waals surface area contributed by atoms with Crippen LogP contribution in [0.25, 0.3) is 0 Å². The predicted octanol–water partition coefficient (Wildman–Crippen LogP) is 1.69. The Hall–Kier alpha value is -0.610. The fraction of sp³-hybridized carbons (Fsp3) is 0.750. The summed E-state index contributed by atoms with van der Waals surface area (Å²) in [5, 5.41) is 20.2. The summed E-state index contributed by atoms with van der Waals surface area (Å²) in [6.45, 7) is -0.439. The molecule has 0 spiro atoms. The monoisotopic (exact) mass is 205 g/mol. The lowest BCUT2D eigenvalue weighted by molar-refractivity contribution is -0.488. The smallest absolute Gasteiger partial charge is 0.233 e. The maximum Gasteiger partial charge on any atom is 0.233 e. The molecular formula is C8H12ClNO3. The zero-order chi connectivity index (χ0) is 9.84. The average Bonchev–Trinajstić information content (AvgIpc) is 2.03. The van der Waals surface area contributed by atoms with E-state index in [-0.39, 0.29) is 0 Å². The molecule has 0 fully saturated rings. The van der Waals surface area contributed by atoms with Crippen molar-refractivity contribution < 1.29 is 10.0 Å². The van der Waals surface area contributed by atoms with Crippen molar-refractivity contribution in [2.24, 2.45) is 0 Å². The second-order valence-electron chi connectivity index (χ2n) is 3.17. The first-order valence-electron chi connectivity index (χ1n) is 4.28. The summed E-state index contributed by atoms with van der Waals surface area (Å²) >= 11 is 5.86. The molecule has 0 aromatic rings. The third-order valence-electron chi connectivity index (χ3n) is 2.17. The summed E-state index contributed by atoms with van der Waals surface area (Å²) in [5.74, 6) is 0. The zero-order valence-corrected chi connectivity index (χ0v) is 7.96. The molecule has 0 aromatic heterocycles. The number of nitrogens with zero attached hydrogens (tertiary/aromatic N) is 1. The van der Waals surface area contributed by atoms with Crippen LogP contribution in [0.5, 0.6) is 0 Å². The van der Waals surface area contributed by atoms with E-state index < -0.39 is 17.6 Å². The molecule has 1 atom stereocenters. The van der Waals surface area contributed by atoms with Crippen LogP contribution in [0.15, 0.2) is 10.6 Å². The molecule has 0 saturated carbocycles. The van der Waals surface area contributed by atoms with Gasteiger partial charge in [-0.15, -0.1) is 0 Å². The summed E-state index contributed by atoms with van der Waals surface area (Å²) in [5.41, 5.74) is 0.657. The van der Waals surface area contributed by atoms with Gasteiger partial charge in [-0.1, -0.05) is 11.6 Å². The van der Waals surface area contributed by atoms with Gasteiger partial charge in [-0.05, 0) is 31.3 Å². The quantitative estimate of drug-likeness (QED) is 0.563. The van der Waals surface area contributed by atoms with Crippen molar-refractivity contribution in [1.82, 2.24) is 0 Å². The lowest BCUT2D eigenvalue weighted by Crippen LogP contribution is -2.23. The van der Waals surface area contributed by atoms with E-state index in [0.29, 0.717) is 17.0 Å². The first-order valence-corrected chi connectivity index (χ1v) is 4.66. The molecular weight excluding hydrogens is 194 g/mol. The van der Waals surface area contributed by atoms with Crippen molar-refractivity contribution in [2.75, 3.05) is 6.54 Å². The Morgan fingerprint density at radius 2 is 2.15 bits per heavy atom. The highest BCUT2D eigenvalue weighted by atomic mass is 35.5. The molecule has 1 rings (SSSR count). The summed E-state index contributed by atoms with van der Waals surface area (Å²) in [6.07, 6.45) is 2.40. The molecule has 0 unspecified atom stereocenters. The van der Waals surface area contributed by atoms with E-state index in [1.807, 2.05) is 0 Å². The van der Waals surface area contributed by atoms with Crippen LogP contribution >= 0.6 is 11.6 Å². The minimum Gasteiger partial charge on any atom is -0.382 e.